The third-order valence-electron chi connectivity index (χ3n) is 5.55. The SMILES string of the molecule is COc1cc(Nc2nccc(-c3ccc(OC4CCOCC4)c(C#N)c3)n2)ccc1SNCCCO. The lowest BCUT2D eigenvalue weighted by Gasteiger charge is -2.23. The number of anilines is 2. The van der Waals surface area contributed by atoms with Crippen molar-refractivity contribution in [2.75, 3.05) is 38.8 Å². The molecule has 1 aliphatic heterocycles. The summed E-state index contributed by atoms with van der Waals surface area (Å²) >= 11 is 1.45. The van der Waals surface area contributed by atoms with Crippen LogP contribution in [0.4, 0.5) is 11.6 Å². The highest BCUT2D eigenvalue weighted by atomic mass is 32.2. The third kappa shape index (κ3) is 6.86. The van der Waals surface area contributed by atoms with Crippen molar-refractivity contribution in [3.8, 4) is 28.8 Å². The molecule has 0 spiro atoms. The fourth-order valence-corrected chi connectivity index (χ4v) is 4.45. The van der Waals surface area contributed by atoms with Crippen molar-refractivity contribution in [2.24, 2.45) is 0 Å². The maximum Gasteiger partial charge on any atom is 0.227 e. The predicted octanol–water partition coefficient (Wildman–Crippen LogP) is 4.30. The standard InChI is InChI=1S/C26H29N5O4S/c1-33-24-16-20(4-6-25(24)36-29-10-2-12-32)30-26-28-11-7-22(31-26)18-3-5-23(19(15-18)17-27)35-21-8-13-34-14-9-21/h3-7,11,15-16,21,29,32H,2,8-10,12-14H2,1H3,(H,28,30,31). The Kier molecular flexibility index (Phi) is 9.35. The summed E-state index contributed by atoms with van der Waals surface area (Å²) in [5.41, 5.74) is 2.74. The number of ether oxygens (including phenoxy) is 3. The van der Waals surface area contributed by atoms with Crippen LogP contribution in [0.1, 0.15) is 24.8 Å². The number of nitrogens with zero attached hydrogens (tertiary/aromatic N) is 3. The molecule has 2 aromatic carbocycles. The lowest BCUT2D eigenvalue weighted by Crippen LogP contribution is -2.26. The highest BCUT2D eigenvalue weighted by molar-refractivity contribution is 7.97. The number of aliphatic hydroxyl groups excluding tert-OH is 1. The van der Waals surface area contributed by atoms with Gasteiger partial charge in [0, 0.05) is 49.5 Å². The molecule has 0 amide bonds. The predicted molar refractivity (Wildman–Crippen MR) is 138 cm³/mol. The molecule has 0 bridgehead atoms. The summed E-state index contributed by atoms with van der Waals surface area (Å²) in [5.74, 6) is 1.71. The van der Waals surface area contributed by atoms with E-state index in [2.05, 4.69) is 26.1 Å². The van der Waals surface area contributed by atoms with E-state index < -0.39 is 0 Å². The van der Waals surface area contributed by atoms with Gasteiger partial charge in [-0.25, -0.2) is 9.97 Å². The molecule has 3 aromatic rings. The summed E-state index contributed by atoms with van der Waals surface area (Å²) in [7, 11) is 1.62. The molecule has 2 heterocycles. The van der Waals surface area contributed by atoms with E-state index in [-0.39, 0.29) is 12.7 Å². The van der Waals surface area contributed by atoms with Gasteiger partial charge in [-0.2, -0.15) is 5.26 Å². The van der Waals surface area contributed by atoms with Crippen LogP contribution in [0.25, 0.3) is 11.3 Å². The molecule has 0 unspecified atom stereocenters. The van der Waals surface area contributed by atoms with Gasteiger partial charge in [-0.05, 0) is 54.8 Å². The number of aromatic nitrogens is 2. The van der Waals surface area contributed by atoms with E-state index in [4.69, 9.17) is 19.3 Å². The lowest BCUT2D eigenvalue weighted by molar-refractivity contribution is 0.0254. The largest absolute Gasteiger partial charge is 0.495 e. The summed E-state index contributed by atoms with van der Waals surface area (Å²) < 4.78 is 20.2. The Morgan fingerprint density at radius 2 is 2.03 bits per heavy atom. The number of hydrogen-bond acceptors (Lipinski definition) is 10. The van der Waals surface area contributed by atoms with Gasteiger partial charge in [-0.1, -0.05) is 0 Å². The van der Waals surface area contributed by atoms with Crippen LogP contribution in [0, 0.1) is 11.3 Å². The minimum Gasteiger partial charge on any atom is -0.495 e. The van der Waals surface area contributed by atoms with E-state index >= 15 is 0 Å². The van der Waals surface area contributed by atoms with Crippen molar-refractivity contribution < 1.29 is 19.3 Å². The summed E-state index contributed by atoms with van der Waals surface area (Å²) in [6.07, 6.45) is 4.06. The van der Waals surface area contributed by atoms with E-state index in [1.807, 2.05) is 30.3 Å². The van der Waals surface area contributed by atoms with Gasteiger partial charge in [0.25, 0.3) is 0 Å². The molecule has 0 atom stereocenters. The highest BCUT2D eigenvalue weighted by Gasteiger charge is 2.17. The van der Waals surface area contributed by atoms with Crippen LogP contribution in [-0.4, -0.2) is 54.7 Å². The van der Waals surface area contributed by atoms with Crippen LogP contribution in [0.3, 0.4) is 0 Å². The van der Waals surface area contributed by atoms with Gasteiger partial charge in [0.1, 0.15) is 23.7 Å². The van der Waals surface area contributed by atoms with Crippen molar-refractivity contribution in [2.45, 2.75) is 30.3 Å². The average Bonchev–Trinajstić information content (AvgIpc) is 2.92. The van der Waals surface area contributed by atoms with Crippen molar-refractivity contribution in [3.05, 3.63) is 54.2 Å². The minimum atomic E-state index is 0.0599. The first-order valence-corrected chi connectivity index (χ1v) is 12.6. The van der Waals surface area contributed by atoms with Crippen LogP contribution in [0.15, 0.2) is 53.6 Å². The number of hydrogen-bond donors (Lipinski definition) is 3. The zero-order valence-corrected chi connectivity index (χ0v) is 20.9. The second-order valence-electron chi connectivity index (χ2n) is 8.08. The Hall–Kier alpha value is -3.36. The first-order valence-electron chi connectivity index (χ1n) is 11.8. The molecular formula is C26H29N5O4S. The Bertz CT molecular complexity index is 1200. The zero-order chi connectivity index (χ0) is 25.2. The van der Waals surface area contributed by atoms with Crippen LogP contribution in [0.2, 0.25) is 0 Å². The number of nitriles is 1. The number of nitrogens with one attached hydrogen (secondary N) is 2. The molecule has 1 aliphatic rings. The second-order valence-corrected chi connectivity index (χ2v) is 9.01. The monoisotopic (exact) mass is 507 g/mol. The first-order chi connectivity index (χ1) is 17.7. The van der Waals surface area contributed by atoms with Gasteiger partial charge in [0.15, 0.2) is 0 Å². The molecule has 1 fully saturated rings. The molecule has 1 aromatic heterocycles. The third-order valence-corrected chi connectivity index (χ3v) is 6.46. The summed E-state index contributed by atoms with van der Waals surface area (Å²) in [6, 6.07) is 15.3. The van der Waals surface area contributed by atoms with Gasteiger partial charge in [-0.15, -0.1) is 0 Å². The molecule has 36 heavy (non-hydrogen) atoms. The van der Waals surface area contributed by atoms with E-state index in [0.717, 1.165) is 29.0 Å². The first kappa shape index (κ1) is 25.7. The summed E-state index contributed by atoms with van der Waals surface area (Å²) in [4.78, 5) is 9.91. The topological polar surface area (TPSA) is 122 Å². The molecule has 0 saturated carbocycles. The van der Waals surface area contributed by atoms with Gasteiger partial charge in [0.2, 0.25) is 5.95 Å². The molecule has 0 aliphatic carbocycles. The van der Waals surface area contributed by atoms with Crippen molar-refractivity contribution in [1.82, 2.24) is 14.7 Å². The fraction of sp³-hybridized carbons (Fsp3) is 0.346. The van der Waals surface area contributed by atoms with Gasteiger partial charge in [-0.3, -0.25) is 4.72 Å². The van der Waals surface area contributed by atoms with E-state index in [9.17, 15) is 5.26 Å². The Morgan fingerprint density at radius 3 is 2.81 bits per heavy atom. The van der Waals surface area contributed by atoms with Crippen LogP contribution >= 0.6 is 11.9 Å². The van der Waals surface area contributed by atoms with Crippen LogP contribution < -0.4 is 19.5 Å². The van der Waals surface area contributed by atoms with Crippen LogP contribution in [-0.2, 0) is 4.74 Å². The lowest BCUT2D eigenvalue weighted by atomic mass is 10.1. The van der Waals surface area contributed by atoms with Crippen molar-refractivity contribution in [3.63, 3.8) is 0 Å². The number of rotatable bonds is 11. The molecule has 3 N–H and O–H groups in total. The quantitative estimate of drug-likeness (QED) is 0.256. The van der Waals surface area contributed by atoms with Gasteiger partial charge >= 0.3 is 0 Å². The molecule has 188 valence electrons. The second kappa shape index (κ2) is 13.1. The molecule has 0 radical (unpaired) electrons. The Morgan fingerprint density at radius 1 is 1.17 bits per heavy atom. The summed E-state index contributed by atoms with van der Waals surface area (Å²) in [6.45, 7) is 2.20. The van der Waals surface area contributed by atoms with Crippen molar-refractivity contribution in [1.29, 1.82) is 5.26 Å². The van der Waals surface area contributed by atoms with Gasteiger partial charge in [0.05, 0.1) is 36.5 Å². The van der Waals surface area contributed by atoms with E-state index in [1.165, 1.54) is 11.9 Å². The molecule has 4 rings (SSSR count). The Labute approximate surface area is 215 Å². The minimum absolute atomic E-state index is 0.0599. The molecular weight excluding hydrogens is 478 g/mol. The van der Waals surface area contributed by atoms with E-state index in [0.29, 0.717) is 54.9 Å². The smallest absolute Gasteiger partial charge is 0.227 e. The summed E-state index contributed by atoms with van der Waals surface area (Å²) in [5, 5.41) is 21.8. The number of methoxy groups -OCH3 is 1. The molecule has 10 heteroatoms. The number of benzene rings is 2. The molecule has 1 saturated heterocycles. The normalized spacial score (nSPS) is 13.7. The average molecular weight is 508 g/mol. The van der Waals surface area contributed by atoms with E-state index in [1.54, 1.807) is 25.4 Å². The van der Waals surface area contributed by atoms with Crippen LogP contribution in [0.5, 0.6) is 11.5 Å². The highest BCUT2D eigenvalue weighted by Crippen LogP contribution is 2.32. The fourth-order valence-electron chi connectivity index (χ4n) is 3.67. The maximum absolute atomic E-state index is 9.69. The zero-order valence-electron chi connectivity index (χ0n) is 20.1. The molecule has 9 nitrogen and oxygen atoms in total. The van der Waals surface area contributed by atoms with Crippen molar-refractivity contribution >= 4 is 23.6 Å². The van der Waals surface area contributed by atoms with Gasteiger partial charge < -0.3 is 24.6 Å². The number of aliphatic hydroxyl groups is 1. The maximum atomic E-state index is 9.69. The Balaban J connectivity index is 1.47.